The van der Waals surface area contributed by atoms with Gasteiger partial charge in [0.15, 0.2) is 0 Å². The Balaban J connectivity index is 2.16. The van der Waals surface area contributed by atoms with E-state index < -0.39 is 0 Å². The van der Waals surface area contributed by atoms with Crippen molar-refractivity contribution in [3.8, 4) is 0 Å². The molecular formula is C15H17Cl2NS. The first-order valence-electron chi connectivity index (χ1n) is 6.35. The third-order valence-corrected chi connectivity index (χ3v) is 4.50. The fraction of sp³-hybridized carbons (Fsp3) is 0.333. The molecule has 19 heavy (non-hydrogen) atoms. The van der Waals surface area contributed by atoms with Crippen molar-refractivity contribution in [2.75, 3.05) is 0 Å². The quantitative estimate of drug-likeness (QED) is 0.729. The largest absolute Gasteiger partial charge is 0.303 e. The zero-order valence-corrected chi connectivity index (χ0v) is 13.3. The summed E-state index contributed by atoms with van der Waals surface area (Å²) < 4.78 is 0. The van der Waals surface area contributed by atoms with Crippen LogP contribution in [0, 0.1) is 0 Å². The number of hydrogen-bond donors (Lipinski definition) is 1. The molecular weight excluding hydrogens is 297 g/mol. The highest BCUT2D eigenvalue weighted by Gasteiger charge is 2.16. The van der Waals surface area contributed by atoms with E-state index in [1.807, 2.05) is 12.1 Å². The van der Waals surface area contributed by atoms with Crippen LogP contribution in [-0.4, -0.2) is 0 Å². The molecule has 0 radical (unpaired) electrons. The van der Waals surface area contributed by atoms with E-state index in [4.69, 9.17) is 23.2 Å². The zero-order valence-electron chi connectivity index (χ0n) is 11.0. The van der Waals surface area contributed by atoms with Crippen LogP contribution in [0.15, 0.2) is 35.0 Å². The van der Waals surface area contributed by atoms with Gasteiger partial charge in [-0.1, -0.05) is 36.2 Å². The number of benzene rings is 1. The minimum Gasteiger partial charge on any atom is -0.303 e. The monoisotopic (exact) mass is 313 g/mol. The summed E-state index contributed by atoms with van der Waals surface area (Å²) in [5.41, 5.74) is 2.42. The van der Waals surface area contributed by atoms with Crippen molar-refractivity contribution in [3.63, 3.8) is 0 Å². The Bertz CT molecular complexity index is 525. The minimum atomic E-state index is 0.236. The van der Waals surface area contributed by atoms with Crippen LogP contribution in [0.1, 0.15) is 43.5 Å². The topological polar surface area (TPSA) is 12.0 Å². The number of hydrogen-bond acceptors (Lipinski definition) is 2. The van der Waals surface area contributed by atoms with Gasteiger partial charge in [-0.2, -0.15) is 11.3 Å². The molecule has 0 aliphatic rings. The normalized spacial score (nSPS) is 14.3. The van der Waals surface area contributed by atoms with E-state index in [0.29, 0.717) is 11.1 Å². The van der Waals surface area contributed by atoms with Crippen LogP contribution in [0.2, 0.25) is 10.0 Å². The second-order valence-electron chi connectivity index (χ2n) is 4.57. The SMILES string of the molecule is CCC(NC(C)c1ccsc1)c1ccc(Cl)cc1Cl. The van der Waals surface area contributed by atoms with Gasteiger partial charge in [0.05, 0.1) is 0 Å². The molecule has 0 aliphatic heterocycles. The van der Waals surface area contributed by atoms with Crippen LogP contribution in [0.25, 0.3) is 0 Å². The molecule has 0 fully saturated rings. The molecule has 1 heterocycles. The highest BCUT2D eigenvalue weighted by molar-refractivity contribution is 7.07. The van der Waals surface area contributed by atoms with Crippen LogP contribution >= 0.6 is 34.5 Å². The summed E-state index contributed by atoms with van der Waals surface area (Å²) in [5.74, 6) is 0. The summed E-state index contributed by atoms with van der Waals surface area (Å²) in [6.07, 6.45) is 0.982. The van der Waals surface area contributed by atoms with Crippen LogP contribution in [0.3, 0.4) is 0 Å². The van der Waals surface area contributed by atoms with Crippen molar-refractivity contribution in [1.82, 2.24) is 5.32 Å². The van der Waals surface area contributed by atoms with E-state index in [1.165, 1.54) is 5.56 Å². The lowest BCUT2D eigenvalue weighted by Gasteiger charge is -2.23. The number of thiophene rings is 1. The molecule has 2 unspecified atom stereocenters. The molecule has 2 atom stereocenters. The van der Waals surface area contributed by atoms with Gasteiger partial charge in [0.25, 0.3) is 0 Å². The first-order chi connectivity index (χ1) is 9.11. The Morgan fingerprint density at radius 1 is 1.26 bits per heavy atom. The molecule has 1 aromatic heterocycles. The zero-order chi connectivity index (χ0) is 13.8. The van der Waals surface area contributed by atoms with Crippen LogP contribution in [0.4, 0.5) is 0 Å². The Labute approximate surface area is 128 Å². The molecule has 0 saturated carbocycles. The van der Waals surface area contributed by atoms with E-state index in [-0.39, 0.29) is 6.04 Å². The first-order valence-corrected chi connectivity index (χ1v) is 8.04. The third kappa shape index (κ3) is 3.73. The number of nitrogens with one attached hydrogen (secondary N) is 1. The maximum atomic E-state index is 6.29. The second-order valence-corrected chi connectivity index (χ2v) is 6.20. The fourth-order valence-corrected chi connectivity index (χ4v) is 3.43. The molecule has 4 heteroatoms. The summed E-state index contributed by atoms with van der Waals surface area (Å²) in [6, 6.07) is 8.40. The summed E-state index contributed by atoms with van der Waals surface area (Å²) >= 11 is 14.0. The van der Waals surface area contributed by atoms with Gasteiger partial charge in [0.1, 0.15) is 0 Å². The molecule has 0 aliphatic carbocycles. The molecule has 2 rings (SSSR count). The number of halogens is 2. The van der Waals surface area contributed by atoms with Gasteiger partial charge < -0.3 is 5.32 Å². The molecule has 0 bridgehead atoms. The van der Waals surface area contributed by atoms with Crippen molar-refractivity contribution in [1.29, 1.82) is 0 Å². The summed E-state index contributed by atoms with van der Waals surface area (Å²) in [7, 11) is 0. The minimum absolute atomic E-state index is 0.236. The highest BCUT2D eigenvalue weighted by Crippen LogP contribution is 2.30. The predicted molar refractivity (Wildman–Crippen MR) is 85.4 cm³/mol. The molecule has 0 spiro atoms. The van der Waals surface area contributed by atoms with Crippen molar-refractivity contribution in [3.05, 3.63) is 56.2 Å². The van der Waals surface area contributed by atoms with Gasteiger partial charge >= 0.3 is 0 Å². The van der Waals surface area contributed by atoms with Gasteiger partial charge in [-0.3, -0.25) is 0 Å². The van der Waals surface area contributed by atoms with Crippen molar-refractivity contribution in [2.45, 2.75) is 32.4 Å². The summed E-state index contributed by atoms with van der Waals surface area (Å²) in [6.45, 7) is 4.33. The molecule has 0 amide bonds. The average Bonchev–Trinajstić information content (AvgIpc) is 2.90. The van der Waals surface area contributed by atoms with Gasteiger partial charge in [-0.05, 0) is 53.4 Å². The average molecular weight is 314 g/mol. The smallest absolute Gasteiger partial charge is 0.0468 e. The van der Waals surface area contributed by atoms with Gasteiger partial charge in [0.2, 0.25) is 0 Å². The van der Waals surface area contributed by atoms with E-state index in [2.05, 4.69) is 36.0 Å². The molecule has 1 aromatic carbocycles. The van der Waals surface area contributed by atoms with Crippen molar-refractivity contribution < 1.29 is 0 Å². The molecule has 1 N–H and O–H groups in total. The second kappa shape index (κ2) is 6.76. The van der Waals surface area contributed by atoms with Crippen LogP contribution < -0.4 is 5.32 Å². The Morgan fingerprint density at radius 3 is 2.63 bits per heavy atom. The predicted octanol–water partition coefficient (Wildman–Crippen LogP) is 5.86. The molecule has 0 saturated heterocycles. The van der Waals surface area contributed by atoms with Crippen molar-refractivity contribution >= 4 is 34.5 Å². The Morgan fingerprint density at radius 2 is 2.05 bits per heavy atom. The Kier molecular flexibility index (Phi) is 5.28. The van der Waals surface area contributed by atoms with Gasteiger partial charge in [-0.25, -0.2) is 0 Å². The standard InChI is InChI=1S/C15H17Cl2NS/c1-3-15(13-5-4-12(16)8-14(13)17)18-10(2)11-6-7-19-9-11/h4-10,15,18H,3H2,1-2H3. The van der Waals surface area contributed by atoms with Crippen LogP contribution in [-0.2, 0) is 0 Å². The molecule has 1 nitrogen and oxygen atoms in total. The van der Waals surface area contributed by atoms with E-state index in [1.54, 1.807) is 17.4 Å². The Hall–Kier alpha value is -0.540. The molecule has 2 aromatic rings. The van der Waals surface area contributed by atoms with Crippen LogP contribution in [0.5, 0.6) is 0 Å². The van der Waals surface area contributed by atoms with Gasteiger partial charge in [0, 0.05) is 22.1 Å². The van der Waals surface area contributed by atoms with E-state index in [0.717, 1.165) is 17.0 Å². The lowest BCUT2D eigenvalue weighted by molar-refractivity contribution is 0.457. The first kappa shape index (κ1) is 14.9. The van der Waals surface area contributed by atoms with Crippen molar-refractivity contribution in [2.24, 2.45) is 0 Å². The molecule has 102 valence electrons. The maximum Gasteiger partial charge on any atom is 0.0468 e. The summed E-state index contributed by atoms with van der Waals surface area (Å²) in [5, 5.41) is 9.30. The van der Waals surface area contributed by atoms with E-state index >= 15 is 0 Å². The van der Waals surface area contributed by atoms with Gasteiger partial charge in [-0.15, -0.1) is 0 Å². The maximum absolute atomic E-state index is 6.29. The lowest BCUT2D eigenvalue weighted by Crippen LogP contribution is -2.24. The fourth-order valence-electron chi connectivity index (χ4n) is 2.13. The highest BCUT2D eigenvalue weighted by atomic mass is 35.5. The number of rotatable bonds is 5. The van der Waals surface area contributed by atoms with E-state index in [9.17, 15) is 0 Å². The third-order valence-electron chi connectivity index (χ3n) is 3.24. The lowest BCUT2D eigenvalue weighted by atomic mass is 10.0. The summed E-state index contributed by atoms with van der Waals surface area (Å²) in [4.78, 5) is 0.